The summed E-state index contributed by atoms with van der Waals surface area (Å²) < 4.78 is 21.8. The van der Waals surface area contributed by atoms with Crippen molar-refractivity contribution in [2.24, 2.45) is 0 Å². The second-order valence-electron chi connectivity index (χ2n) is 10.7. The van der Waals surface area contributed by atoms with Gasteiger partial charge in [-0.1, -0.05) is 0 Å². The Morgan fingerprint density at radius 2 is 0.978 bits per heavy atom. The predicted molar refractivity (Wildman–Crippen MR) is 166 cm³/mol. The summed E-state index contributed by atoms with van der Waals surface area (Å²) in [6, 6.07) is 26.1. The van der Waals surface area contributed by atoms with Gasteiger partial charge in [-0.2, -0.15) is 0 Å². The molecule has 0 aromatic heterocycles. The van der Waals surface area contributed by atoms with Crippen LogP contribution in [0, 0.1) is 0 Å². The number of aliphatic carboxylic acids is 1. The predicted octanol–water partition coefficient (Wildman–Crippen LogP) is 6.51. The van der Waals surface area contributed by atoms with E-state index < -0.39 is 17.4 Å². The molecule has 0 spiro atoms. The van der Waals surface area contributed by atoms with E-state index in [0.29, 0.717) is 52.0 Å². The Morgan fingerprint density at radius 1 is 0.600 bits per heavy atom. The minimum Gasteiger partial charge on any atom is -0.478 e. The Labute approximate surface area is 259 Å². The van der Waals surface area contributed by atoms with Crippen LogP contribution in [-0.2, 0) is 14.3 Å². The monoisotopic (exact) mass is 612 g/mol. The van der Waals surface area contributed by atoms with Crippen molar-refractivity contribution in [3.63, 3.8) is 0 Å². The zero-order chi connectivity index (χ0) is 32.6. The highest BCUT2D eigenvalue weighted by Crippen LogP contribution is 2.25. The van der Waals surface area contributed by atoms with Gasteiger partial charge in [0.05, 0.1) is 0 Å². The van der Waals surface area contributed by atoms with Crippen LogP contribution in [0.15, 0.2) is 97.1 Å². The third kappa shape index (κ3) is 9.07. The van der Waals surface area contributed by atoms with Gasteiger partial charge in [-0.05, 0) is 111 Å². The highest BCUT2D eigenvalue weighted by Gasteiger charge is 2.29. The van der Waals surface area contributed by atoms with Crippen LogP contribution in [0.4, 0.5) is 11.4 Å². The normalized spacial score (nSPS) is 11.1. The van der Waals surface area contributed by atoms with Crippen molar-refractivity contribution in [1.82, 2.24) is 0 Å². The van der Waals surface area contributed by atoms with Crippen molar-refractivity contribution >= 4 is 35.6 Å². The average molecular weight is 613 g/mol. The molecule has 0 aliphatic rings. The van der Waals surface area contributed by atoms with Gasteiger partial charge in [0.25, 0.3) is 18.3 Å². The molecule has 11 nitrogen and oxygen atoms in total. The van der Waals surface area contributed by atoms with E-state index in [2.05, 4.69) is 10.6 Å². The van der Waals surface area contributed by atoms with Gasteiger partial charge in [0, 0.05) is 36.3 Å². The van der Waals surface area contributed by atoms with Crippen LogP contribution >= 0.6 is 0 Å². The first kappa shape index (κ1) is 32.1. The maximum absolute atomic E-state index is 12.7. The molecule has 4 rings (SSSR count). The fourth-order valence-corrected chi connectivity index (χ4v) is 3.87. The van der Waals surface area contributed by atoms with E-state index in [-0.39, 0.29) is 11.8 Å². The number of carboxylic acids is 1. The van der Waals surface area contributed by atoms with Crippen molar-refractivity contribution in [2.75, 3.05) is 10.6 Å². The lowest BCUT2D eigenvalue weighted by Gasteiger charge is -2.24. The number of carbonyl (C=O) groups is 4. The summed E-state index contributed by atoms with van der Waals surface area (Å²) in [6.07, 6.45) is 0. The van der Waals surface area contributed by atoms with Gasteiger partial charge < -0.3 is 34.7 Å². The zero-order valence-electron chi connectivity index (χ0n) is 25.0. The van der Waals surface area contributed by atoms with Crippen LogP contribution in [0.2, 0.25) is 0 Å². The van der Waals surface area contributed by atoms with Crippen molar-refractivity contribution in [1.29, 1.82) is 0 Å². The van der Waals surface area contributed by atoms with Crippen molar-refractivity contribution < 1.29 is 43.2 Å². The summed E-state index contributed by atoms with van der Waals surface area (Å²) in [5.41, 5.74) is 0.502. The Morgan fingerprint density at radius 3 is 1.36 bits per heavy atom. The standard InChI is InChI=1S/C34H32N2O9/c1-33(2,32(40)41)44-28-17-9-24(10-18-28)35-30(38)22-5-13-26(14-6-22)43-27-15-7-23(8-16-27)31(39)36-25-11-19-29(20-12-25)45-34(3,4)42-21-37/h5-21H,1-4H3,(H,35,38)(H,36,39)(H,40,41). The molecule has 2 amide bonds. The summed E-state index contributed by atoms with van der Waals surface area (Å²) in [5.74, 6) is -1.04. The SMILES string of the molecule is CC(C)(OC=O)Oc1ccc(NC(=O)c2ccc(Oc3ccc(C(=O)Nc4ccc(OC(C)(C)C(=O)O)cc4)cc3)cc2)cc1. The summed E-state index contributed by atoms with van der Waals surface area (Å²) in [4.78, 5) is 47.2. The molecule has 3 N–H and O–H groups in total. The Kier molecular flexibility index (Phi) is 9.72. The highest BCUT2D eigenvalue weighted by molar-refractivity contribution is 6.05. The fraction of sp³-hybridized carbons (Fsp3) is 0.176. The molecular weight excluding hydrogens is 580 g/mol. The maximum Gasteiger partial charge on any atom is 0.347 e. The van der Waals surface area contributed by atoms with E-state index >= 15 is 0 Å². The zero-order valence-corrected chi connectivity index (χ0v) is 25.0. The number of hydrogen-bond acceptors (Lipinski definition) is 8. The van der Waals surface area contributed by atoms with Crippen LogP contribution in [0.3, 0.4) is 0 Å². The van der Waals surface area contributed by atoms with Gasteiger partial charge in [0.2, 0.25) is 5.79 Å². The third-order valence-electron chi connectivity index (χ3n) is 6.28. The Bertz CT molecular complexity index is 1650. The first-order valence-corrected chi connectivity index (χ1v) is 13.8. The van der Waals surface area contributed by atoms with Crippen molar-refractivity contribution in [2.45, 2.75) is 39.1 Å². The third-order valence-corrected chi connectivity index (χ3v) is 6.28. The molecule has 0 heterocycles. The number of amides is 2. The van der Waals surface area contributed by atoms with Gasteiger partial charge >= 0.3 is 5.97 Å². The molecule has 11 heteroatoms. The maximum atomic E-state index is 12.7. The van der Waals surface area contributed by atoms with Gasteiger partial charge in [0.15, 0.2) is 5.60 Å². The molecule has 0 saturated carbocycles. The molecule has 0 unspecified atom stereocenters. The second-order valence-corrected chi connectivity index (χ2v) is 10.7. The number of rotatable bonds is 13. The summed E-state index contributed by atoms with van der Waals surface area (Å²) in [6.45, 7) is 6.42. The molecule has 0 atom stereocenters. The quantitative estimate of drug-likeness (QED) is 0.113. The second kappa shape index (κ2) is 13.6. The molecule has 0 aliphatic carbocycles. The van der Waals surface area contributed by atoms with Crippen LogP contribution in [0.5, 0.6) is 23.0 Å². The molecule has 0 saturated heterocycles. The molecule has 0 bridgehead atoms. The summed E-state index contributed by atoms with van der Waals surface area (Å²) in [7, 11) is 0. The van der Waals surface area contributed by atoms with Crippen LogP contribution < -0.4 is 24.8 Å². The summed E-state index contributed by atoms with van der Waals surface area (Å²) in [5, 5.41) is 14.8. The van der Waals surface area contributed by atoms with Crippen LogP contribution in [0.25, 0.3) is 0 Å². The number of anilines is 2. The van der Waals surface area contributed by atoms with E-state index in [9.17, 15) is 24.3 Å². The topological polar surface area (TPSA) is 149 Å². The summed E-state index contributed by atoms with van der Waals surface area (Å²) >= 11 is 0. The van der Waals surface area contributed by atoms with E-state index in [0.717, 1.165) is 0 Å². The van der Waals surface area contributed by atoms with Gasteiger partial charge in [-0.15, -0.1) is 0 Å². The molecule has 4 aromatic rings. The van der Waals surface area contributed by atoms with Crippen molar-refractivity contribution in [3.8, 4) is 23.0 Å². The van der Waals surface area contributed by atoms with E-state index in [1.54, 1.807) is 111 Å². The first-order chi connectivity index (χ1) is 21.3. The van der Waals surface area contributed by atoms with Gasteiger partial charge in [0.1, 0.15) is 23.0 Å². The lowest BCUT2D eigenvalue weighted by atomic mass is 10.1. The minimum atomic E-state index is -1.38. The lowest BCUT2D eigenvalue weighted by molar-refractivity contribution is -0.170. The number of ether oxygens (including phenoxy) is 4. The van der Waals surface area contributed by atoms with Gasteiger partial charge in [-0.3, -0.25) is 14.4 Å². The Balaban J connectivity index is 1.28. The molecule has 0 radical (unpaired) electrons. The largest absolute Gasteiger partial charge is 0.478 e. The number of hydrogen-bond donors (Lipinski definition) is 3. The van der Waals surface area contributed by atoms with E-state index in [1.807, 2.05) is 0 Å². The van der Waals surface area contributed by atoms with Crippen molar-refractivity contribution in [3.05, 3.63) is 108 Å². The van der Waals surface area contributed by atoms with Crippen LogP contribution in [-0.4, -0.2) is 40.8 Å². The number of nitrogens with one attached hydrogen (secondary N) is 2. The highest BCUT2D eigenvalue weighted by atomic mass is 16.7. The smallest absolute Gasteiger partial charge is 0.347 e. The van der Waals surface area contributed by atoms with Gasteiger partial charge in [-0.25, -0.2) is 4.79 Å². The molecular formula is C34H32N2O9. The Hall–Kier alpha value is -5.84. The average Bonchev–Trinajstić information content (AvgIpc) is 2.99. The fourth-order valence-electron chi connectivity index (χ4n) is 3.87. The van der Waals surface area contributed by atoms with Crippen LogP contribution in [0.1, 0.15) is 48.4 Å². The minimum absolute atomic E-state index is 0.317. The van der Waals surface area contributed by atoms with E-state index in [1.165, 1.54) is 13.8 Å². The number of carbonyl (C=O) groups excluding carboxylic acids is 3. The lowest BCUT2D eigenvalue weighted by Crippen LogP contribution is -2.37. The molecule has 0 aliphatic heterocycles. The molecule has 45 heavy (non-hydrogen) atoms. The first-order valence-electron chi connectivity index (χ1n) is 13.8. The number of benzene rings is 4. The van der Waals surface area contributed by atoms with E-state index in [4.69, 9.17) is 18.9 Å². The molecule has 4 aromatic carbocycles. The number of carboxylic acid groups (broad SMARTS) is 1. The molecule has 0 fully saturated rings. The molecule has 232 valence electrons.